The molecule has 0 saturated carbocycles. The minimum Gasteiger partial charge on any atom is -0.481 e. The molecule has 5 nitrogen and oxygen atoms in total. The summed E-state index contributed by atoms with van der Waals surface area (Å²) < 4.78 is 10.5. The molecule has 2 atom stereocenters. The van der Waals surface area contributed by atoms with E-state index < -0.39 is 18.2 Å². The Morgan fingerprint density at radius 3 is 2.00 bits per heavy atom. The van der Waals surface area contributed by atoms with Gasteiger partial charge in [-0.25, -0.2) is 0 Å². The van der Waals surface area contributed by atoms with Crippen molar-refractivity contribution in [1.82, 2.24) is 0 Å². The van der Waals surface area contributed by atoms with Gasteiger partial charge in [0.25, 0.3) is 0 Å². The highest BCUT2D eigenvalue weighted by molar-refractivity contribution is 5.66. The molecule has 0 aliphatic heterocycles. The highest BCUT2D eigenvalue weighted by Crippen LogP contribution is 2.14. The van der Waals surface area contributed by atoms with Gasteiger partial charge in [0.05, 0.1) is 25.7 Å². The van der Waals surface area contributed by atoms with Crippen LogP contribution in [0, 0.1) is 0 Å². The largest absolute Gasteiger partial charge is 0.481 e. The summed E-state index contributed by atoms with van der Waals surface area (Å²) in [7, 11) is 1.56. The molecule has 144 valence electrons. The smallest absolute Gasteiger partial charge is 0.305 e. The number of aliphatic hydroxyl groups excluding tert-OH is 1. The first-order valence-electron chi connectivity index (χ1n) is 9.62. The summed E-state index contributed by atoms with van der Waals surface area (Å²) in [5, 5.41) is 18.8. The quantitative estimate of drug-likeness (QED) is 0.364. The van der Waals surface area contributed by atoms with E-state index in [2.05, 4.69) is 6.92 Å². The molecule has 0 rings (SSSR count). The zero-order valence-corrected chi connectivity index (χ0v) is 15.7. The zero-order chi connectivity index (χ0) is 18.0. The molecule has 0 saturated heterocycles. The second kappa shape index (κ2) is 17.2. The molecule has 0 bridgehead atoms. The lowest BCUT2D eigenvalue weighted by Gasteiger charge is -2.22. The Bertz CT molecular complexity index is 283. The molecule has 0 heterocycles. The van der Waals surface area contributed by atoms with Crippen LogP contribution < -0.4 is 0 Å². The fraction of sp³-hybridized carbons (Fsp3) is 0.947. The topological polar surface area (TPSA) is 76.0 Å². The minimum absolute atomic E-state index is 0.0504. The number of rotatable bonds is 18. The predicted octanol–water partition coefficient (Wildman–Crippen LogP) is 4.16. The summed E-state index contributed by atoms with van der Waals surface area (Å²) in [6.45, 7) is 2.64. The summed E-state index contributed by atoms with van der Waals surface area (Å²) in [5.41, 5.74) is 0. The van der Waals surface area contributed by atoms with Crippen molar-refractivity contribution in [2.24, 2.45) is 0 Å². The average molecular weight is 347 g/mol. The van der Waals surface area contributed by atoms with Crippen LogP contribution in [0.3, 0.4) is 0 Å². The third-order valence-corrected chi connectivity index (χ3v) is 4.26. The maximum absolute atomic E-state index is 10.5. The van der Waals surface area contributed by atoms with Crippen molar-refractivity contribution in [3.05, 3.63) is 0 Å². The van der Waals surface area contributed by atoms with Crippen LogP contribution in [0.1, 0.15) is 84.0 Å². The molecule has 5 heteroatoms. The Morgan fingerprint density at radius 1 is 0.958 bits per heavy atom. The molecule has 0 aliphatic carbocycles. The Kier molecular flexibility index (Phi) is 16.7. The summed E-state index contributed by atoms with van der Waals surface area (Å²) in [6, 6.07) is 0. The first kappa shape index (κ1) is 23.4. The van der Waals surface area contributed by atoms with Crippen LogP contribution in [0.5, 0.6) is 0 Å². The van der Waals surface area contributed by atoms with Gasteiger partial charge >= 0.3 is 5.97 Å². The number of methoxy groups -OCH3 is 1. The lowest BCUT2D eigenvalue weighted by atomic mass is 10.0. The van der Waals surface area contributed by atoms with Gasteiger partial charge in [0.1, 0.15) is 6.10 Å². The third-order valence-electron chi connectivity index (χ3n) is 4.26. The van der Waals surface area contributed by atoms with Crippen LogP contribution in [0.2, 0.25) is 0 Å². The number of hydrogen-bond donors (Lipinski definition) is 2. The SMILES string of the molecule is CCCCCCCCCCCCC(O)C(COC)OCCC(=O)O. The van der Waals surface area contributed by atoms with Crippen molar-refractivity contribution in [2.75, 3.05) is 20.3 Å². The van der Waals surface area contributed by atoms with Gasteiger partial charge in [0.2, 0.25) is 0 Å². The fourth-order valence-electron chi connectivity index (χ4n) is 2.76. The number of carboxylic acids is 1. The molecule has 0 aromatic carbocycles. The average Bonchev–Trinajstić information content (AvgIpc) is 2.55. The maximum atomic E-state index is 10.5. The Hall–Kier alpha value is -0.650. The van der Waals surface area contributed by atoms with E-state index in [0.717, 1.165) is 12.8 Å². The predicted molar refractivity (Wildman–Crippen MR) is 96.3 cm³/mol. The zero-order valence-electron chi connectivity index (χ0n) is 15.7. The standard InChI is InChI=1S/C19H38O5/c1-3-4-5-6-7-8-9-10-11-12-13-17(20)18(16-23-2)24-15-14-19(21)22/h17-18,20H,3-16H2,1-2H3,(H,21,22). The molecule has 0 aromatic rings. The molecule has 0 radical (unpaired) electrons. The van der Waals surface area contributed by atoms with E-state index in [1.165, 1.54) is 51.4 Å². The third kappa shape index (κ3) is 14.9. The van der Waals surface area contributed by atoms with Crippen molar-refractivity contribution < 1.29 is 24.5 Å². The Labute approximate surface area is 147 Å². The lowest BCUT2D eigenvalue weighted by molar-refractivity contribution is -0.140. The second-order valence-electron chi connectivity index (χ2n) is 6.55. The number of aliphatic hydroxyl groups is 1. The summed E-state index contributed by atoms with van der Waals surface area (Å²) in [5.74, 6) is -0.893. The summed E-state index contributed by atoms with van der Waals surface area (Å²) in [4.78, 5) is 10.5. The van der Waals surface area contributed by atoms with Crippen LogP contribution in [-0.2, 0) is 14.3 Å². The number of ether oxygens (including phenoxy) is 2. The first-order chi connectivity index (χ1) is 11.6. The maximum Gasteiger partial charge on any atom is 0.305 e. The number of aliphatic carboxylic acids is 1. The van der Waals surface area contributed by atoms with E-state index in [1.807, 2.05) is 0 Å². The van der Waals surface area contributed by atoms with Crippen molar-refractivity contribution in [3.63, 3.8) is 0 Å². The monoisotopic (exact) mass is 346 g/mol. The lowest BCUT2D eigenvalue weighted by Crippen LogP contribution is -2.33. The molecule has 24 heavy (non-hydrogen) atoms. The number of hydrogen-bond acceptors (Lipinski definition) is 4. The van der Waals surface area contributed by atoms with Gasteiger partial charge in [-0.2, -0.15) is 0 Å². The Morgan fingerprint density at radius 2 is 1.50 bits per heavy atom. The first-order valence-corrected chi connectivity index (χ1v) is 9.62. The van der Waals surface area contributed by atoms with Crippen molar-refractivity contribution in [2.45, 2.75) is 96.2 Å². The molecular weight excluding hydrogens is 308 g/mol. The van der Waals surface area contributed by atoms with E-state index in [9.17, 15) is 9.90 Å². The molecule has 0 aliphatic rings. The Balaban J connectivity index is 3.61. The molecule has 2 N–H and O–H groups in total. The highest BCUT2D eigenvalue weighted by atomic mass is 16.5. The van der Waals surface area contributed by atoms with E-state index in [-0.39, 0.29) is 13.0 Å². The van der Waals surface area contributed by atoms with Crippen LogP contribution in [-0.4, -0.2) is 48.7 Å². The van der Waals surface area contributed by atoms with Crippen LogP contribution in [0.15, 0.2) is 0 Å². The highest BCUT2D eigenvalue weighted by Gasteiger charge is 2.19. The minimum atomic E-state index is -0.893. The van der Waals surface area contributed by atoms with Gasteiger partial charge in [-0.1, -0.05) is 71.1 Å². The van der Waals surface area contributed by atoms with E-state index in [0.29, 0.717) is 13.0 Å². The van der Waals surface area contributed by atoms with Gasteiger partial charge in [-0.3, -0.25) is 4.79 Å². The van der Waals surface area contributed by atoms with Crippen molar-refractivity contribution >= 4 is 5.97 Å². The fourth-order valence-corrected chi connectivity index (χ4v) is 2.76. The van der Waals surface area contributed by atoms with Gasteiger partial charge in [-0.15, -0.1) is 0 Å². The normalized spacial score (nSPS) is 13.8. The van der Waals surface area contributed by atoms with Crippen LogP contribution in [0.4, 0.5) is 0 Å². The molecular formula is C19H38O5. The molecule has 0 amide bonds. The van der Waals surface area contributed by atoms with E-state index in [4.69, 9.17) is 14.6 Å². The number of carboxylic acid groups (broad SMARTS) is 1. The summed E-state index contributed by atoms with van der Waals surface area (Å²) in [6.07, 6.45) is 12.2. The van der Waals surface area contributed by atoms with Crippen LogP contribution in [0.25, 0.3) is 0 Å². The number of carbonyl (C=O) groups is 1. The van der Waals surface area contributed by atoms with Crippen LogP contribution >= 0.6 is 0 Å². The van der Waals surface area contributed by atoms with E-state index in [1.54, 1.807) is 7.11 Å². The molecule has 2 unspecified atom stereocenters. The van der Waals surface area contributed by atoms with Gasteiger partial charge in [0.15, 0.2) is 0 Å². The molecule has 0 aromatic heterocycles. The summed E-state index contributed by atoms with van der Waals surface area (Å²) >= 11 is 0. The molecule has 0 fully saturated rings. The molecule has 0 spiro atoms. The van der Waals surface area contributed by atoms with Crippen molar-refractivity contribution in [3.8, 4) is 0 Å². The second-order valence-corrected chi connectivity index (χ2v) is 6.55. The van der Waals surface area contributed by atoms with Gasteiger partial charge in [0, 0.05) is 7.11 Å². The number of unbranched alkanes of at least 4 members (excludes halogenated alkanes) is 9. The van der Waals surface area contributed by atoms with E-state index >= 15 is 0 Å². The van der Waals surface area contributed by atoms with Crippen molar-refractivity contribution in [1.29, 1.82) is 0 Å². The van der Waals surface area contributed by atoms with Gasteiger partial charge < -0.3 is 19.7 Å². The van der Waals surface area contributed by atoms with Gasteiger partial charge in [-0.05, 0) is 6.42 Å².